The van der Waals surface area contributed by atoms with Crippen LogP contribution in [0.15, 0.2) is 69.7 Å². The number of piperidine rings is 1. The molecule has 5 heterocycles. The number of nitrogens with zero attached hydrogens (tertiary/aromatic N) is 5. The van der Waals surface area contributed by atoms with E-state index in [9.17, 15) is 19.8 Å². The van der Waals surface area contributed by atoms with Crippen molar-refractivity contribution in [2.24, 2.45) is 5.41 Å². The van der Waals surface area contributed by atoms with Crippen LogP contribution in [0.1, 0.15) is 23.2 Å². The van der Waals surface area contributed by atoms with Gasteiger partial charge in [0.2, 0.25) is 5.88 Å². The summed E-state index contributed by atoms with van der Waals surface area (Å²) in [6, 6.07) is 9.93. The molecule has 0 radical (unpaired) electrons. The molecule has 0 aliphatic carbocycles. The largest absolute Gasteiger partial charge is 0.493 e. The molecular weight excluding hydrogens is 556 g/mol. The minimum atomic E-state index is -0.832. The number of carbonyl (C=O) groups excluding carboxylic acids is 1. The van der Waals surface area contributed by atoms with Crippen LogP contribution in [0.4, 0.5) is 11.5 Å². The monoisotopic (exact) mass is 580 g/mol. The van der Waals surface area contributed by atoms with Gasteiger partial charge in [-0.2, -0.15) is 4.98 Å². The van der Waals surface area contributed by atoms with Gasteiger partial charge >= 0.3 is 0 Å². The lowest BCUT2D eigenvalue weighted by atomic mass is 9.76. The number of aliphatic hydroxyl groups is 1. The zero-order valence-corrected chi connectivity index (χ0v) is 22.7. The van der Waals surface area contributed by atoms with Gasteiger partial charge < -0.3 is 25.2 Å². The van der Waals surface area contributed by atoms with E-state index in [2.05, 4.69) is 25.2 Å². The van der Waals surface area contributed by atoms with Crippen molar-refractivity contribution >= 4 is 46.4 Å². The van der Waals surface area contributed by atoms with Crippen molar-refractivity contribution < 1.29 is 19.7 Å². The molecule has 0 bridgehead atoms. The van der Waals surface area contributed by atoms with Gasteiger partial charge in [-0.3, -0.25) is 14.0 Å². The van der Waals surface area contributed by atoms with Crippen LogP contribution in [0.25, 0.3) is 5.65 Å². The van der Waals surface area contributed by atoms with Gasteiger partial charge in [0.1, 0.15) is 16.5 Å². The summed E-state index contributed by atoms with van der Waals surface area (Å²) in [4.78, 5) is 41.6. The number of hydrogen-bond donors (Lipinski definition) is 3. The van der Waals surface area contributed by atoms with Crippen LogP contribution in [0.5, 0.6) is 5.88 Å². The number of rotatable bonds is 5. The van der Waals surface area contributed by atoms with Crippen LogP contribution in [0.3, 0.4) is 0 Å². The number of fused-ring (bicyclic) bond motifs is 1. The molecule has 2 fully saturated rings. The van der Waals surface area contributed by atoms with Gasteiger partial charge in [0.15, 0.2) is 5.56 Å². The number of anilines is 2. The first-order chi connectivity index (χ1) is 19.3. The molecule has 0 saturated carbocycles. The Morgan fingerprint density at radius 3 is 2.70 bits per heavy atom. The molecule has 1 spiro atoms. The Morgan fingerprint density at radius 2 is 1.98 bits per heavy atom. The van der Waals surface area contributed by atoms with Crippen LogP contribution < -0.4 is 15.8 Å². The van der Waals surface area contributed by atoms with E-state index >= 15 is 0 Å². The van der Waals surface area contributed by atoms with E-state index in [1.54, 1.807) is 48.8 Å². The van der Waals surface area contributed by atoms with Gasteiger partial charge in [-0.05, 0) is 37.1 Å². The molecule has 3 N–H and O–H groups in total. The lowest BCUT2D eigenvalue weighted by molar-refractivity contribution is 0.0493. The molecule has 13 heteroatoms. The molecule has 6 rings (SSSR count). The SMILES string of the molecule is O=C(Nc1cccc(Sc2cnc(N3CCC4(CC3)COC[C@H]4O)cn2)c1Cl)c1c(O)nc2ccccn2c1=O. The molecule has 3 aromatic heterocycles. The normalized spacial score (nSPS) is 18.4. The first-order valence-corrected chi connectivity index (χ1v) is 13.8. The van der Waals surface area contributed by atoms with Crippen molar-refractivity contribution in [1.29, 1.82) is 0 Å². The molecule has 40 heavy (non-hydrogen) atoms. The number of aliphatic hydroxyl groups excluding tert-OH is 1. The van der Waals surface area contributed by atoms with Crippen LogP contribution in [-0.2, 0) is 4.74 Å². The summed E-state index contributed by atoms with van der Waals surface area (Å²) < 4.78 is 6.67. The molecule has 1 atom stereocenters. The van der Waals surface area contributed by atoms with Crippen molar-refractivity contribution in [1.82, 2.24) is 19.4 Å². The number of amides is 1. The standard InChI is InChI=1S/C27H25ClN6O5S/c28-23-16(31-24(36)22-25(37)32-19-6-1-2-9-34(19)26(22)38)4-3-5-17(23)40-21-13-29-20(12-30-21)33-10-7-27(8-11-33)15-39-14-18(27)35/h1-6,9,12-13,18,35,37H,7-8,10-11,14-15H2,(H,31,36)/t18-/m1/s1. The van der Waals surface area contributed by atoms with E-state index in [1.807, 2.05) is 0 Å². The fraction of sp³-hybridized carbons (Fsp3) is 0.296. The predicted octanol–water partition coefficient (Wildman–Crippen LogP) is 3.22. The molecule has 4 aromatic rings. The van der Waals surface area contributed by atoms with Gasteiger partial charge in [-0.1, -0.05) is 35.5 Å². The Labute approximate surface area is 237 Å². The lowest BCUT2D eigenvalue weighted by Crippen LogP contribution is -2.46. The summed E-state index contributed by atoms with van der Waals surface area (Å²) >= 11 is 7.88. The Morgan fingerprint density at radius 1 is 1.15 bits per heavy atom. The van der Waals surface area contributed by atoms with Gasteiger partial charge in [-0.15, -0.1) is 0 Å². The minimum absolute atomic E-state index is 0.158. The number of carbonyl (C=O) groups is 1. The topological polar surface area (TPSA) is 142 Å². The molecule has 2 aliphatic heterocycles. The molecule has 0 unspecified atom stereocenters. The summed E-state index contributed by atoms with van der Waals surface area (Å²) in [6.45, 7) is 2.53. The number of hydrogen-bond acceptors (Lipinski definition) is 10. The Hall–Kier alpha value is -3.71. The predicted molar refractivity (Wildman–Crippen MR) is 149 cm³/mol. The second kappa shape index (κ2) is 10.7. The molecule has 1 amide bonds. The second-order valence-corrected chi connectivity index (χ2v) is 11.3. The third-order valence-electron chi connectivity index (χ3n) is 7.44. The van der Waals surface area contributed by atoms with E-state index in [4.69, 9.17) is 16.3 Å². The molecule has 206 valence electrons. The number of benzene rings is 1. The number of halogens is 1. The van der Waals surface area contributed by atoms with Crippen LogP contribution in [0, 0.1) is 5.41 Å². The number of aromatic hydroxyl groups is 1. The van der Waals surface area contributed by atoms with Crippen LogP contribution in [0.2, 0.25) is 5.02 Å². The highest BCUT2D eigenvalue weighted by atomic mass is 35.5. The van der Waals surface area contributed by atoms with Gasteiger partial charge in [0, 0.05) is 29.6 Å². The first-order valence-electron chi connectivity index (χ1n) is 12.7. The number of pyridine rings is 1. The highest BCUT2D eigenvalue weighted by Crippen LogP contribution is 2.41. The zero-order valence-electron chi connectivity index (χ0n) is 21.2. The van der Waals surface area contributed by atoms with Gasteiger partial charge in [0.25, 0.3) is 11.5 Å². The molecular formula is C27H25ClN6O5S. The third-order valence-corrected chi connectivity index (χ3v) is 8.94. The summed E-state index contributed by atoms with van der Waals surface area (Å²) in [5, 5.41) is 24.1. The minimum Gasteiger partial charge on any atom is -0.493 e. The number of aromatic nitrogens is 4. The summed E-state index contributed by atoms with van der Waals surface area (Å²) in [5.74, 6) is -0.737. The second-order valence-electron chi connectivity index (χ2n) is 9.81. The van der Waals surface area contributed by atoms with E-state index in [1.165, 1.54) is 22.4 Å². The number of ether oxygens (including phenoxy) is 1. The average molecular weight is 581 g/mol. The highest BCUT2D eigenvalue weighted by Gasteiger charge is 2.45. The Balaban J connectivity index is 1.15. The first kappa shape index (κ1) is 26.5. The Kier molecular flexibility index (Phi) is 7.09. The summed E-state index contributed by atoms with van der Waals surface area (Å²) in [5.41, 5.74) is -0.864. The van der Waals surface area contributed by atoms with E-state index in [0.29, 0.717) is 23.1 Å². The fourth-order valence-corrected chi connectivity index (χ4v) is 6.16. The summed E-state index contributed by atoms with van der Waals surface area (Å²) in [6.07, 6.45) is 6.10. The maximum absolute atomic E-state index is 13.0. The molecule has 1 aromatic carbocycles. The van der Waals surface area contributed by atoms with Crippen molar-refractivity contribution in [3.63, 3.8) is 0 Å². The average Bonchev–Trinajstić information content (AvgIpc) is 3.30. The lowest BCUT2D eigenvalue weighted by Gasteiger charge is -2.40. The molecule has 2 aliphatic rings. The quantitative estimate of drug-likeness (QED) is 0.322. The van der Waals surface area contributed by atoms with E-state index < -0.39 is 29.0 Å². The highest BCUT2D eigenvalue weighted by molar-refractivity contribution is 7.99. The van der Waals surface area contributed by atoms with Gasteiger partial charge in [-0.25, -0.2) is 9.97 Å². The van der Waals surface area contributed by atoms with Crippen LogP contribution in [-0.4, -0.2) is 67.9 Å². The van der Waals surface area contributed by atoms with E-state index in [-0.39, 0.29) is 21.8 Å². The van der Waals surface area contributed by atoms with Crippen molar-refractivity contribution in [3.05, 3.63) is 75.9 Å². The summed E-state index contributed by atoms with van der Waals surface area (Å²) in [7, 11) is 0. The van der Waals surface area contributed by atoms with E-state index in [0.717, 1.165) is 31.7 Å². The maximum atomic E-state index is 13.0. The van der Waals surface area contributed by atoms with Gasteiger partial charge in [0.05, 0.1) is 42.4 Å². The van der Waals surface area contributed by atoms with Crippen molar-refractivity contribution in [3.8, 4) is 5.88 Å². The maximum Gasteiger partial charge on any atom is 0.274 e. The fourth-order valence-electron chi connectivity index (χ4n) is 5.09. The third kappa shape index (κ3) is 4.87. The Bertz CT molecular complexity index is 1640. The zero-order chi connectivity index (χ0) is 27.9. The molecule has 11 nitrogen and oxygen atoms in total. The van der Waals surface area contributed by atoms with Crippen LogP contribution >= 0.6 is 23.4 Å². The number of nitrogens with one attached hydrogen (secondary N) is 1. The molecule has 2 saturated heterocycles. The smallest absolute Gasteiger partial charge is 0.274 e. The van der Waals surface area contributed by atoms with Crippen molar-refractivity contribution in [2.75, 3.05) is 36.5 Å². The van der Waals surface area contributed by atoms with Crippen molar-refractivity contribution in [2.45, 2.75) is 28.9 Å².